The van der Waals surface area contributed by atoms with Crippen molar-refractivity contribution in [2.24, 2.45) is 17.8 Å². The number of piperidine rings is 1. The zero-order chi connectivity index (χ0) is 16.0. The molecule has 4 heterocycles. The Labute approximate surface area is 126 Å². The molecule has 0 aromatic heterocycles. The molecular weight excluding hydrogens is 292 g/mol. The largest absolute Gasteiger partial charge is 0.466 e. The average Bonchev–Trinajstić information content (AvgIpc) is 3.11. The van der Waals surface area contributed by atoms with Crippen molar-refractivity contribution in [3.8, 4) is 0 Å². The van der Waals surface area contributed by atoms with Crippen LogP contribution in [0.15, 0.2) is 0 Å². The molecule has 4 aliphatic heterocycles. The molecule has 4 aliphatic rings. The SMILES string of the molecule is COC(=O)[C@@]12O[C@]3(C[C@@H](C)CN3C1=O)[C@@H]1C(=O)N(C)C(=O)[C@@H]12. The Morgan fingerprint density at radius 2 is 1.91 bits per heavy atom. The van der Waals surface area contributed by atoms with Crippen LogP contribution in [0.25, 0.3) is 0 Å². The second-order valence-electron chi connectivity index (χ2n) is 6.59. The molecule has 0 radical (unpaired) electrons. The number of likely N-dealkylation sites (tertiary alicyclic amines) is 1. The molecule has 0 aromatic rings. The lowest BCUT2D eigenvalue weighted by Gasteiger charge is -2.35. The Hall–Kier alpha value is -1.96. The number of esters is 1. The van der Waals surface area contributed by atoms with Gasteiger partial charge < -0.3 is 14.4 Å². The van der Waals surface area contributed by atoms with Crippen LogP contribution in [0.3, 0.4) is 0 Å². The van der Waals surface area contributed by atoms with Crippen molar-refractivity contribution in [2.75, 3.05) is 20.7 Å². The van der Waals surface area contributed by atoms with Gasteiger partial charge in [0.15, 0.2) is 5.72 Å². The molecule has 4 rings (SSSR count). The number of amides is 3. The molecule has 0 saturated carbocycles. The number of nitrogens with zero attached hydrogens (tertiary/aromatic N) is 2. The predicted molar refractivity (Wildman–Crippen MR) is 68.8 cm³/mol. The maximum Gasteiger partial charge on any atom is 0.349 e. The standard InChI is InChI=1S/C14H16N2O6/c1-6-4-13-7-8(10(18)15(2)9(7)17)14(22-13,12(20)21-3)11(19)16(13)5-6/h6-8H,4-5H2,1-3H3/t6-,7+,8-,13-,14+/m1/s1. The summed E-state index contributed by atoms with van der Waals surface area (Å²) in [4.78, 5) is 52.6. The summed E-state index contributed by atoms with van der Waals surface area (Å²) in [6.45, 7) is 2.35. The monoisotopic (exact) mass is 308 g/mol. The minimum atomic E-state index is -2.00. The molecule has 3 amide bonds. The third kappa shape index (κ3) is 1.10. The third-order valence-electron chi connectivity index (χ3n) is 5.43. The lowest BCUT2D eigenvalue weighted by molar-refractivity contribution is -0.177. The fourth-order valence-corrected chi connectivity index (χ4v) is 4.65. The van der Waals surface area contributed by atoms with E-state index in [0.717, 1.165) is 12.0 Å². The highest BCUT2D eigenvalue weighted by molar-refractivity contribution is 6.19. The molecule has 0 aliphatic carbocycles. The normalized spacial score (nSPS) is 45.6. The quantitative estimate of drug-likeness (QED) is 0.341. The van der Waals surface area contributed by atoms with Gasteiger partial charge in [0.2, 0.25) is 11.8 Å². The highest BCUT2D eigenvalue weighted by Gasteiger charge is 2.86. The summed E-state index contributed by atoms with van der Waals surface area (Å²) in [6, 6.07) is 0. The number of fused-ring (bicyclic) bond motifs is 3. The fraction of sp³-hybridized carbons (Fsp3) is 0.714. The van der Waals surface area contributed by atoms with Crippen molar-refractivity contribution in [3.05, 3.63) is 0 Å². The van der Waals surface area contributed by atoms with Gasteiger partial charge in [-0.15, -0.1) is 0 Å². The lowest BCUT2D eigenvalue weighted by Crippen LogP contribution is -2.60. The van der Waals surface area contributed by atoms with Crippen molar-refractivity contribution >= 4 is 23.7 Å². The molecule has 118 valence electrons. The smallest absolute Gasteiger partial charge is 0.349 e. The summed E-state index contributed by atoms with van der Waals surface area (Å²) < 4.78 is 10.6. The minimum absolute atomic E-state index is 0.132. The Bertz CT molecular complexity index is 647. The van der Waals surface area contributed by atoms with Crippen molar-refractivity contribution in [3.63, 3.8) is 0 Å². The van der Waals surface area contributed by atoms with E-state index in [9.17, 15) is 19.2 Å². The molecular formula is C14H16N2O6. The number of imide groups is 1. The number of hydrogen-bond acceptors (Lipinski definition) is 6. The van der Waals surface area contributed by atoms with Gasteiger partial charge in [0.05, 0.1) is 7.11 Å². The summed E-state index contributed by atoms with van der Waals surface area (Å²) in [5.74, 6) is -4.22. The van der Waals surface area contributed by atoms with E-state index in [2.05, 4.69) is 0 Å². The van der Waals surface area contributed by atoms with Crippen molar-refractivity contribution in [1.82, 2.24) is 9.80 Å². The van der Waals surface area contributed by atoms with Crippen LogP contribution >= 0.6 is 0 Å². The summed E-state index contributed by atoms with van der Waals surface area (Å²) >= 11 is 0. The number of hydrogen-bond donors (Lipinski definition) is 0. The summed E-state index contributed by atoms with van der Waals surface area (Å²) in [6.07, 6.45) is 0.436. The first-order valence-electron chi connectivity index (χ1n) is 7.23. The summed E-state index contributed by atoms with van der Waals surface area (Å²) in [7, 11) is 2.52. The number of carbonyl (C=O) groups is 4. The van der Waals surface area contributed by atoms with Gasteiger partial charge in [-0.05, 0) is 5.92 Å². The molecule has 4 saturated heterocycles. The van der Waals surface area contributed by atoms with Gasteiger partial charge in [-0.25, -0.2) is 4.79 Å². The van der Waals surface area contributed by atoms with Crippen molar-refractivity contribution in [2.45, 2.75) is 24.7 Å². The second-order valence-corrected chi connectivity index (χ2v) is 6.59. The van der Waals surface area contributed by atoms with Gasteiger partial charge in [0, 0.05) is 20.0 Å². The molecule has 4 fully saturated rings. The van der Waals surface area contributed by atoms with Crippen LogP contribution in [0.5, 0.6) is 0 Å². The molecule has 0 aromatic carbocycles. The van der Waals surface area contributed by atoms with Crippen LogP contribution in [-0.2, 0) is 28.7 Å². The van der Waals surface area contributed by atoms with E-state index in [1.807, 2.05) is 6.92 Å². The van der Waals surface area contributed by atoms with E-state index in [0.29, 0.717) is 13.0 Å². The third-order valence-corrected chi connectivity index (χ3v) is 5.43. The molecule has 5 atom stereocenters. The van der Waals surface area contributed by atoms with Gasteiger partial charge in [0.25, 0.3) is 11.5 Å². The van der Waals surface area contributed by atoms with Crippen molar-refractivity contribution in [1.29, 1.82) is 0 Å². The average molecular weight is 308 g/mol. The highest BCUT2D eigenvalue weighted by Crippen LogP contribution is 2.63. The van der Waals surface area contributed by atoms with Crippen LogP contribution in [0, 0.1) is 17.8 Å². The van der Waals surface area contributed by atoms with Gasteiger partial charge in [-0.3, -0.25) is 19.3 Å². The molecule has 8 heteroatoms. The summed E-state index contributed by atoms with van der Waals surface area (Å²) in [5, 5.41) is 0. The molecule has 8 nitrogen and oxygen atoms in total. The number of carbonyl (C=O) groups excluding carboxylic acids is 4. The zero-order valence-electron chi connectivity index (χ0n) is 12.5. The minimum Gasteiger partial charge on any atom is -0.466 e. The van der Waals surface area contributed by atoms with Gasteiger partial charge in [-0.1, -0.05) is 6.92 Å². The topological polar surface area (TPSA) is 93.2 Å². The molecule has 22 heavy (non-hydrogen) atoms. The molecule has 0 N–H and O–H groups in total. The van der Waals surface area contributed by atoms with E-state index >= 15 is 0 Å². The Balaban J connectivity index is 1.95. The van der Waals surface area contributed by atoms with Crippen molar-refractivity contribution < 1.29 is 28.7 Å². The van der Waals surface area contributed by atoms with Gasteiger partial charge >= 0.3 is 5.97 Å². The maximum absolute atomic E-state index is 12.8. The fourth-order valence-electron chi connectivity index (χ4n) is 4.65. The van der Waals surface area contributed by atoms with E-state index in [1.54, 1.807) is 0 Å². The van der Waals surface area contributed by atoms with Crippen LogP contribution in [0.4, 0.5) is 0 Å². The maximum atomic E-state index is 12.8. The highest BCUT2D eigenvalue weighted by atomic mass is 16.6. The summed E-state index contributed by atoms with van der Waals surface area (Å²) in [5.41, 5.74) is -3.19. The predicted octanol–water partition coefficient (Wildman–Crippen LogP) is -1.26. The van der Waals surface area contributed by atoms with Gasteiger partial charge in [0.1, 0.15) is 11.8 Å². The first-order chi connectivity index (χ1) is 10.3. The van der Waals surface area contributed by atoms with Crippen LogP contribution in [-0.4, -0.2) is 65.5 Å². The zero-order valence-corrected chi connectivity index (χ0v) is 12.5. The number of ether oxygens (including phenoxy) is 2. The molecule has 2 bridgehead atoms. The Morgan fingerprint density at radius 3 is 2.55 bits per heavy atom. The second kappa shape index (κ2) is 3.68. The van der Waals surface area contributed by atoms with E-state index < -0.39 is 46.9 Å². The Kier molecular flexibility index (Phi) is 2.29. The van der Waals surface area contributed by atoms with E-state index in [-0.39, 0.29) is 5.92 Å². The lowest BCUT2D eigenvalue weighted by atomic mass is 9.74. The van der Waals surface area contributed by atoms with Gasteiger partial charge in [-0.2, -0.15) is 0 Å². The molecule has 1 spiro atoms. The van der Waals surface area contributed by atoms with Crippen LogP contribution in [0.2, 0.25) is 0 Å². The van der Waals surface area contributed by atoms with Crippen LogP contribution in [0.1, 0.15) is 13.3 Å². The molecule has 0 unspecified atom stereocenters. The van der Waals surface area contributed by atoms with E-state index in [1.165, 1.54) is 11.9 Å². The number of rotatable bonds is 1. The van der Waals surface area contributed by atoms with Crippen LogP contribution < -0.4 is 0 Å². The first-order valence-corrected chi connectivity index (χ1v) is 7.23. The number of methoxy groups -OCH3 is 1. The first kappa shape index (κ1) is 13.7. The Morgan fingerprint density at radius 1 is 1.27 bits per heavy atom. The van der Waals surface area contributed by atoms with E-state index in [4.69, 9.17) is 9.47 Å².